The summed E-state index contributed by atoms with van der Waals surface area (Å²) in [4.78, 5) is 0. The fraction of sp³-hybridized carbons (Fsp3) is 0. The molecular weight excluding hydrogens is 2800 g/mol. The largest absolute Gasteiger partial charge is 0.412 e. The molecule has 0 aliphatic carbocycles. The van der Waals surface area contributed by atoms with Crippen LogP contribution in [0.25, 0.3) is 0 Å². The SMILES string of the molecule is O.O.O.O.O.O.O.O.O.O.O.O.O.O.O.O.O.O.O.O.O.O.O.O.O.O.O.O.O.O.O.O.O.O.O.O.O.O.O.O.O.O.O.O.O.O.O.O.O.O.[Ar].[Ar].[Ar].[Ar].[Ar].[Ar].[Ar].[Ar].[Ar].[Ar].[Ar].[Ar].[Ar].[Ar].[Ar].[Ar].[Ar].[Ar].[Ar].[Ar].[Ar].[Ar].[Ar].[Ar].[Ar].[Ar].[Ar].[Ar].[Ar].[Ar].[Ar].[Ar].[Ar].[Ar].[Ar].[Ar].[Ar].[Ar].[Ar].[Ar].[Ar].[Ar].[Ar].[Ar].[Ar].[Ar].[Ar].[Ar].[Ar].[Ar]. The van der Waals surface area contributed by atoms with E-state index >= 15 is 0 Å². The van der Waals surface area contributed by atoms with Crippen LogP contribution in [0.4, 0.5) is 0 Å². The van der Waals surface area contributed by atoms with Crippen molar-refractivity contribution in [3.05, 3.63) is 0 Å². The minimum Gasteiger partial charge on any atom is -0.412 e. The van der Waals surface area contributed by atoms with Crippen LogP contribution in [0, 0.1) is 1890 Å². The van der Waals surface area contributed by atoms with Crippen LogP contribution < -0.4 is 0 Å². The van der Waals surface area contributed by atoms with Crippen LogP contribution in [-0.4, -0.2) is 274 Å². The number of hydrogen-bond acceptors (Lipinski definition) is 0. The van der Waals surface area contributed by atoms with Crippen LogP contribution in [0.3, 0.4) is 0 Å². The Balaban J connectivity index is 0. The molecule has 0 fully saturated rings. The summed E-state index contributed by atoms with van der Waals surface area (Å²) in [5.41, 5.74) is 0. The molecule has 0 aromatic rings. The van der Waals surface area contributed by atoms with Gasteiger partial charge in [-0.05, 0) is 0 Å². The van der Waals surface area contributed by atoms with Gasteiger partial charge in [-0.25, -0.2) is 0 Å². The molecule has 0 saturated heterocycles. The first-order valence-corrected chi connectivity index (χ1v) is 0. The van der Waals surface area contributed by atoms with Crippen molar-refractivity contribution in [2.24, 2.45) is 0 Å². The van der Waals surface area contributed by atoms with E-state index in [4.69, 9.17) is 0 Å². The molecular formula is H100Ar50O50. The quantitative estimate of drug-likeness (QED) is 0.218. The van der Waals surface area contributed by atoms with E-state index in [1.165, 1.54) is 0 Å². The summed E-state index contributed by atoms with van der Waals surface area (Å²) >= 11 is 0. The van der Waals surface area contributed by atoms with E-state index in [1.807, 2.05) is 0 Å². The molecule has 0 unspecified atom stereocenters. The smallest absolute Gasteiger partial charge is 0 e. The Hall–Kier alpha value is 61.0. The Labute approximate surface area is 2080 Å². The molecule has 0 aliphatic rings. The summed E-state index contributed by atoms with van der Waals surface area (Å²) < 4.78 is 0. The van der Waals surface area contributed by atoms with Crippen molar-refractivity contribution in [2.45, 2.75) is 0 Å². The molecule has 100 heteroatoms. The van der Waals surface area contributed by atoms with Crippen molar-refractivity contribution in [2.75, 3.05) is 0 Å². The van der Waals surface area contributed by atoms with E-state index in [2.05, 4.69) is 0 Å². The van der Waals surface area contributed by atoms with Crippen LogP contribution in [0.2, 0.25) is 0 Å². The van der Waals surface area contributed by atoms with E-state index in [0.29, 0.717) is 0 Å². The molecule has 50 nitrogen and oxygen atoms in total. The van der Waals surface area contributed by atoms with Crippen LogP contribution in [0.15, 0.2) is 0 Å². The molecule has 0 aromatic carbocycles. The zero-order valence-corrected chi connectivity index (χ0v) is 78.0. The maximum Gasteiger partial charge on any atom is 0 e. The van der Waals surface area contributed by atoms with Gasteiger partial charge in [-0.1, -0.05) is 0 Å². The molecule has 0 atom stereocenters. The zero-order chi connectivity index (χ0) is 0. The summed E-state index contributed by atoms with van der Waals surface area (Å²) in [6.45, 7) is 0. The second-order valence-corrected chi connectivity index (χ2v) is 0. The van der Waals surface area contributed by atoms with Crippen molar-refractivity contribution in [1.82, 2.24) is 0 Å². The minimum atomic E-state index is 0. The summed E-state index contributed by atoms with van der Waals surface area (Å²) in [6, 6.07) is 0. The third-order valence-corrected chi connectivity index (χ3v) is 0. The molecule has 0 rings (SSSR count). The third kappa shape index (κ3) is 1070. The predicted molar refractivity (Wildman–Crippen MR) is 181 cm³/mol. The Morgan fingerprint density at radius 3 is 0.0200 bits per heavy atom. The monoisotopic (exact) mass is 2900 g/mol. The molecule has 800 valence electrons. The van der Waals surface area contributed by atoms with E-state index < -0.39 is 0 Å². The maximum absolute atomic E-state index is 0. The first-order chi connectivity index (χ1) is 0. The van der Waals surface area contributed by atoms with Gasteiger partial charge in [-0.2, -0.15) is 0 Å². The van der Waals surface area contributed by atoms with Crippen molar-refractivity contribution in [3.63, 3.8) is 0 Å². The average Bonchev–Trinajstić information content (AvgIpc) is 0. The molecule has 0 aromatic heterocycles. The van der Waals surface area contributed by atoms with Crippen LogP contribution in [-0.2, 0) is 0 Å². The van der Waals surface area contributed by atoms with E-state index in [1.54, 1.807) is 0 Å². The van der Waals surface area contributed by atoms with E-state index in [9.17, 15) is 0 Å². The Morgan fingerprint density at radius 1 is 0.0200 bits per heavy atom. The molecule has 0 spiro atoms. The summed E-state index contributed by atoms with van der Waals surface area (Å²) in [7, 11) is 0. The molecule has 0 radical (unpaired) electrons. The Morgan fingerprint density at radius 2 is 0.0200 bits per heavy atom. The van der Waals surface area contributed by atoms with Crippen LogP contribution in [0.1, 0.15) is 0 Å². The second kappa shape index (κ2) is 1090. The second-order valence-electron chi connectivity index (χ2n) is 0. The molecule has 100 N–H and O–H groups in total. The standard InChI is InChI=1S/50Ar.50H2O/h;;;;;;;;;;;;;;;;;;;;;;;;;;;;;;;;;;;;;;;;;;;;;;;;;;50*1H2. The van der Waals surface area contributed by atoms with Crippen molar-refractivity contribution in [1.29, 1.82) is 0 Å². The summed E-state index contributed by atoms with van der Waals surface area (Å²) in [5.74, 6) is 0. The van der Waals surface area contributed by atoms with Crippen molar-refractivity contribution < 1.29 is 2160 Å². The van der Waals surface area contributed by atoms with Gasteiger partial charge in [0.05, 0.1) is 0 Å². The fourth-order valence-corrected chi connectivity index (χ4v) is 0. The first kappa shape index (κ1) is 1110. The molecule has 0 bridgehead atoms. The predicted octanol–water partition coefficient (Wildman–Crippen LogP) is -41.2. The van der Waals surface area contributed by atoms with Gasteiger partial charge in [-0.3, -0.25) is 0 Å². The Bertz CT molecular complexity index is 100. The zero-order valence-electron chi connectivity index (χ0n) is 42.7. The molecule has 0 heterocycles. The van der Waals surface area contributed by atoms with Crippen LogP contribution >= 0.6 is 0 Å². The van der Waals surface area contributed by atoms with Crippen molar-refractivity contribution >= 4 is 0 Å². The van der Waals surface area contributed by atoms with Crippen molar-refractivity contribution in [3.8, 4) is 0 Å². The average molecular weight is 2900 g/mol. The molecule has 0 aliphatic heterocycles. The number of hydrogen-bond donors (Lipinski definition) is 0. The third-order valence-electron chi connectivity index (χ3n) is 0. The molecule has 100 heavy (non-hydrogen) atoms. The van der Waals surface area contributed by atoms with Gasteiger partial charge < -0.3 is 274 Å². The van der Waals surface area contributed by atoms with Gasteiger partial charge in [0.15, 0.2) is 0 Å². The topological polar surface area (TPSA) is 1580 Å². The fourth-order valence-electron chi connectivity index (χ4n) is 0. The van der Waals surface area contributed by atoms with Gasteiger partial charge in [-0.15, -0.1) is 0 Å². The summed E-state index contributed by atoms with van der Waals surface area (Å²) in [5, 5.41) is 0. The molecule has 0 saturated carbocycles. The van der Waals surface area contributed by atoms with Gasteiger partial charge in [0, 0.05) is 1890 Å². The first-order valence-electron chi connectivity index (χ1n) is 0. The van der Waals surface area contributed by atoms with Gasteiger partial charge in [0.1, 0.15) is 0 Å². The molecule has 0 amide bonds. The summed E-state index contributed by atoms with van der Waals surface area (Å²) in [6.07, 6.45) is 0. The normalized spacial score (nSPS) is 0. The van der Waals surface area contributed by atoms with E-state index in [-0.39, 0.29) is 2160 Å². The Kier molecular flexibility index (Phi) is 12000. The van der Waals surface area contributed by atoms with Crippen LogP contribution in [0.5, 0.6) is 0 Å². The maximum atomic E-state index is 0. The minimum absolute atomic E-state index is 0. The van der Waals surface area contributed by atoms with Gasteiger partial charge in [0.2, 0.25) is 0 Å². The van der Waals surface area contributed by atoms with Gasteiger partial charge >= 0.3 is 0 Å². The van der Waals surface area contributed by atoms with E-state index in [0.717, 1.165) is 0 Å². The van der Waals surface area contributed by atoms with Gasteiger partial charge in [0.25, 0.3) is 0 Å². The number of rotatable bonds is 0.